The third kappa shape index (κ3) is 4.26. The Hall–Kier alpha value is -3.35. The van der Waals surface area contributed by atoms with Crippen LogP contribution in [0.4, 0.5) is 17.6 Å². The number of carbonyl (C=O) groups is 1. The fourth-order valence-corrected chi connectivity index (χ4v) is 3.94. The molecule has 3 aromatic rings. The van der Waals surface area contributed by atoms with E-state index in [0.717, 1.165) is 5.56 Å². The van der Waals surface area contributed by atoms with Crippen LogP contribution in [-0.2, 0) is 6.42 Å². The first-order chi connectivity index (χ1) is 14.7. The van der Waals surface area contributed by atoms with E-state index in [1.54, 1.807) is 60.4 Å². The fourth-order valence-electron chi connectivity index (χ4n) is 3.94. The Labute approximate surface area is 176 Å². The van der Waals surface area contributed by atoms with Gasteiger partial charge in [-0.15, -0.1) is 13.2 Å². The van der Waals surface area contributed by atoms with Crippen molar-refractivity contribution in [3.8, 4) is 16.9 Å². The second-order valence-corrected chi connectivity index (χ2v) is 7.36. The molecule has 1 atom stereocenters. The molecule has 0 spiro atoms. The van der Waals surface area contributed by atoms with Gasteiger partial charge >= 0.3 is 6.36 Å². The smallest absolute Gasteiger partial charge is 0.405 e. The summed E-state index contributed by atoms with van der Waals surface area (Å²) in [6.07, 6.45) is -4.29. The van der Waals surface area contributed by atoms with Crippen molar-refractivity contribution in [3.05, 3.63) is 89.2 Å². The highest BCUT2D eigenvalue weighted by Gasteiger charge is 2.33. The number of benzene rings is 3. The van der Waals surface area contributed by atoms with E-state index in [0.29, 0.717) is 29.7 Å². The Morgan fingerprint density at radius 2 is 1.68 bits per heavy atom. The highest BCUT2D eigenvalue weighted by molar-refractivity contribution is 5.97. The Morgan fingerprint density at radius 3 is 2.42 bits per heavy atom. The van der Waals surface area contributed by atoms with Crippen LogP contribution in [-0.4, -0.2) is 23.7 Å². The van der Waals surface area contributed by atoms with Crippen molar-refractivity contribution in [3.63, 3.8) is 0 Å². The Kier molecular flexibility index (Phi) is 5.43. The molecule has 160 valence electrons. The van der Waals surface area contributed by atoms with Crippen LogP contribution in [0.2, 0.25) is 0 Å². The van der Waals surface area contributed by atoms with Gasteiger partial charge in [-0.1, -0.05) is 48.5 Å². The van der Waals surface area contributed by atoms with Gasteiger partial charge in [0, 0.05) is 23.2 Å². The Morgan fingerprint density at radius 1 is 0.968 bits per heavy atom. The average molecular weight is 429 g/mol. The van der Waals surface area contributed by atoms with Gasteiger partial charge < -0.3 is 9.64 Å². The third-order valence-corrected chi connectivity index (χ3v) is 5.47. The van der Waals surface area contributed by atoms with E-state index < -0.39 is 12.4 Å². The summed E-state index contributed by atoms with van der Waals surface area (Å²) in [7, 11) is 0. The van der Waals surface area contributed by atoms with Gasteiger partial charge in [-0.05, 0) is 42.7 Å². The number of para-hydroxylation sites is 1. The Balaban J connectivity index is 1.64. The zero-order chi connectivity index (χ0) is 22.2. The van der Waals surface area contributed by atoms with E-state index in [1.165, 1.54) is 18.2 Å². The maximum atomic E-state index is 14.2. The molecule has 1 aliphatic rings. The summed E-state index contributed by atoms with van der Waals surface area (Å²) in [6.45, 7) is 2.16. The molecule has 0 radical (unpaired) electrons. The predicted molar refractivity (Wildman–Crippen MR) is 108 cm³/mol. The van der Waals surface area contributed by atoms with Crippen LogP contribution in [0.25, 0.3) is 11.1 Å². The van der Waals surface area contributed by atoms with Crippen LogP contribution in [0.3, 0.4) is 0 Å². The van der Waals surface area contributed by atoms with Crippen molar-refractivity contribution in [1.29, 1.82) is 0 Å². The first-order valence-electron chi connectivity index (χ1n) is 9.78. The topological polar surface area (TPSA) is 29.5 Å². The highest BCUT2D eigenvalue weighted by atomic mass is 19.4. The largest absolute Gasteiger partial charge is 0.573 e. The molecule has 0 bridgehead atoms. The van der Waals surface area contributed by atoms with E-state index in [9.17, 15) is 22.4 Å². The summed E-state index contributed by atoms with van der Waals surface area (Å²) < 4.78 is 56.6. The number of hydrogen-bond donors (Lipinski definition) is 0. The summed E-state index contributed by atoms with van der Waals surface area (Å²) in [5.74, 6) is -0.902. The second-order valence-electron chi connectivity index (χ2n) is 7.36. The minimum Gasteiger partial charge on any atom is -0.405 e. The lowest BCUT2D eigenvalue weighted by molar-refractivity contribution is -0.274. The second kappa shape index (κ2) is 8.06. The summed E-state index contributed by atoms with van der Waals surface area (Å²) in [5, 5.41) is 0. The number of alkyl halides is 3. The quantitative estimate of drug-likeness (QED) is 0.466. The SMILES string of the molecule is CC(c1ccccc1F)N1CCc2cc(-c3ccccc3OC(F)(F)F)ccc2C1=O. The minimum absolute atomic E-state index is 0.233. The van der Waals surface area contributed by atoms with Crippen LogP contribution in [0, 0.1) is 5.82 Å². The normalized spacial score (nSPS) is 14.9. The minimum atomic E-state index is -4.80. The van der Waals surface area contributed by atoms with Gasteiger partial charge in [-0.3, -0.25) is 4.79 Å². The lowest BCUT2D eigenvalue weighted by Gasteiger charge is -2.34. The summed E-state index contributed by atoms with van der Waals surface area (Å²) in [5.41, 5.74) is 2.46. The van der Waals surface area contributed by atoms with Crippen molar-refractivity contribution in [2.24, 2.45) is 0 Å². The van der Waals surface area contributed by atoms with Crippen molar-refractivity contribution in [2.75, 3.05) is 6.54 Å². The predicted octanol–water partition coefficient (Wildman–Crippen LogP) is 6.15. The number of halogens is 4. The lowest BCUT2D eigenvalue weighted by Crippen LogP contribution is -2.39. The standard InChI is InChI=1S/C24H19F4NO2/c1-15(18-6-2-4-8-21(18)25)29-13-12-17-14-16(10-11-20(17)23(29)30)19-7-3-5-9-22(19)31-24(26,27)28/h2-11,14-15H,12-13H2,1H3. The van der Waals surface area contributed by atoms with Crippen molar-refractivity contribution >= 4 is 5.91 Å². The van der Waals surface area contributed by atoms with Crippen molar-refractivity contribution in [2.45, 2.75) is 25.7 Å². The molecule has 0 fully saturated rings. The maximum absolute atomic E-state index is 14.2. The number of carbonyl (C=O) groups excluding carboxylic acids is 1. The van der Waals surface area contributed by atoms with Gasteiger partial charge in [-0.25, -0.2) is 4.39 Å². The van der Waals surface area contributed by atoms with E-state index >= 15 is 0 Å². The molecule has 1 unspecified atom stereocenters. The molecule has 0 aromatic heterocycles. The average Bonchev–Trinajstić information content (AvgIpc) is 2.73. The van der Waals surface area contributed by atoms with Crippen molar-refractivity contribution < 1.29 is 27.1 Å². The lowest BCUT2D eigenvalue weighted by atomic mass is 9.92. The van der Waals surface area contributed by atoms with Gasteiger partial charge in [0.1, 0.15) is 11.6 Å². The fraction of sp³-hybridized carbons (Fsp3) is 0.208. The molecule has 0 N–H and O–H groups in total. The number of ether oxygens (including phenoxy) is 1. The molecule has 0 saturated carbocycles. The van der Waals surface area contributed by atoms with E-state index in [2.05, 4.69) is 4.74 Å². The first-order valence-corrected chi connectivity index (χ1v) is 9.78. The molecule has 4 rings (SSSR count). The third-order valence-electron chi connectivity index (χ3n) is 5.47. The van der Waals surface area contributed by atoms with Gasteiger partial charge in [0.2, 0.25) is 0 Å². The molecule has 3 aromatic carbocycles. The molecule has 0 saturated heterocycles. The van der Waals surface area contributed by atoms with Gasteiger partial charge in [0.25, 0.3) is 5.91 Å². The summed E-state index contributed by atoms with van der Waals surface area (Å²) in [6, 6.07) is 16.7. The molecule has 0 aliphatic carbocycles. The van der Waals surface area contributed by atoms with Gasteiger partial charge in [0.05, 0.1) is 6.04 Å². The molecular formula is C24H19F4NO2. The zero-order valence-electron chi connectivity index (χ0n) is 16.6. The monoisotopic (exact) mass is 429 g/mol. The molecule has 1 heterocycles. The number of nitrogens with zero attached hydrogens (tertiary/aromatic N) is 1. The first kappa shape index (κ1) is 20.9. The molecule has 7 heteroatoms. The van der Waals surface area contributed by atoms with Crippen LogP contribution < -0.4 is 4.74 Å². The molecular weight excluding hydrogens is 410 g/mol. The Bertz CT molecular complexity index is 1130. The van der Waals surface area contributed by atoms with Crippen LogP contribution in [0.1, 0.15) is 34.5 Å². The molecule has 1 aliphatic heterocycles. The highest BCUT2D eigenvalue weighted by Crippen LogP contribution is 2.36. The maximum Gasteiger partial charge on any atom is 0.573 e. The zero-order valence-corrected chi connectivity index (χ0v) is 16.6. The van der Waals surface area contributed by atoms with E-state index in [1.807, 2.05) is 0 Å². The number of hydrogen-bond acceptors (Lipinski definition) is 2. The van der Waals surface area contributed by atoms with E-state index in [4.69, 9.17) is 0 Å². The van der Waals surface area contributed by atoms with Crippen molar-refractivity contribution in [1.82, 2.24) is 4.90 Å². The van der Waals surface area contributed by atoms with Gasteiger partial charge in [0.15, 0.2) is 0 Å². The molecule has 31 heavy (non-hydrogen) atoms. The number of fused-ring (bicyclic) bond motifs is 1. The van der Waals surface area contributed by atoms with Crippen LogP contribution in [0.5, 0.6) is 5.75 Å². The molecule has 3 nitrogen and oxygen atoms in total. The van der Waals surface area contributed by atoms with E-state index in [-0.39, 0.29) is 23.0 Å². The van der Waals surface area contributed by atoms with Crippen LogP contribution >= 0.6 is 0 Å². The summed E-state index contributed by atoms with van der Waals surface area (Å²) in [4.78, 5) is 14.7. The summed E-state index contributed by atoms with van der Waals surface area (Å²) >= 11 is 0. The van der Waals surface area contributed by atoms with Gasteiger partial charge in [-0.2, -0.15) is 0 Å². The number of rotatable bonds is 4. The molecule has 1 amide bonds. The number of amides is 1. The van der Waals surface area contributed by atoms with Crippen LogP contribution in [0.15, 0.2) is 66.7 Å².